The molecule has 4 rings (SSSR count). The number of carbonyl (C=O) groups is 1. The van der Waals surface area contributed by atoms with E-state index < -0.39 is 0 Å². The Morgan fingerprint density at radius 3 is 2.77 bits per heavy atom. The van der Waals surface area contributed by atoms with Crippen LogP contribution in [0.3, 0.4) is 0 Å². The zero-order valence-corrected chi connectivity index (χ0v) is 13.4. The van der Waals surface area contributed by atoms with Gasteiger partial charge in [0.1, 0.15) is 0 Å². The van der Waals surface area contributed by atoms with Crippen LogP contribution < -0.4 is 0 Å². The number of benzene rings is 1. The van der Waals surface area contributed by atoms with E-state index in [2.05, 4.69) is 4.98 Å². The predicted octanol–water partition coefficient (Wildman–Crippen LogP) is 3.38. The molecule has 3 heterocycles. The Morgan fingerprint density at radius 1 is 1.32 bits per heavy atom. The third-order valence-corrected chi connectivity index (χ3v) is 5.29. The van der Waals surface area contributed by atoms with Crippen LogP contribution in [-0.4, -0.2) is 42.1 Å². The highest BCUT2D eigenvalue weighted by Crippen LogP contribution is 2.41. The molecule has 116 valence electrons. The molecule has 0 bridgehead atoms. The molecule has 0 atom stereocenters. The van der Waals surface area contributed by atoms with Crippen molar-refractivity contribution in [3.63, 3.8) is 0 Å². The van der Waals surface area contributed by atoms with E-state index >= 15 is 0 Å². The van der Waals surface area contributed by atoms with Crippen LogP contribution >= 0.6 is 11.6 Å². The van der Waals surface area contributed by atoms with Crippen molar-refractivity contribution in [2.75, 3.05) is 26.3 Å². The molecule has 2 saturated heterocycles. The Labute approximate surface area is 134 Å². The number of rotatable bonds is 1. The zero-order chi connectivity index (χ0) is 15.3. The summed E-state index contributed by atoms with van der Waals surface area (Å²) in [6.45, 7) is 5.29. The minimum absolute atomic E-state index is 0.114. The molecule has 1 aromatic carbocycles. The molecule has 0 saturated carbocycles. The molecular weight excluding hydrogens is 300 g/mol. The van der Waals surface area contributed by atoms with Gasteiger partial charge in [-0.1, -0.05) is 11.6 Å². The van der Waals surface area contributed by atoms with E-state index in [-0.39, 0.29) is 5.91 Å². The van der Waals surface area contributed by atoms with Crippen LogP contribution in [0.15, 0.2) is 18.2 Å². The number of aromatic amines is 1. The molecule has 1 N–H and O–H groups in total. The van der Waals surface area contributed by atoms with E-state index in [1.165, 1.54) is 0 Å². The van der Waals surface area contributed by atoms with Gasteiger partial charge >= 0.3 is 0 Å². The molecular formula is C17H19ClN2O2. The molecule has 0 aliphatic carbocycles. The highest BCUT2D eigenvalue weighted by molar-refractivity contribution is 6.31. The number of aromatic nitrogens is 1. The molecule has 0 unspecified atom stereocenters. The number of nitrogens with zero attached hydrogens (tertiary/aromatic N) is 1. The smallest absolute Gasteiger partial charge is 0.256 e. The van der Waals surface area contributed by atoms with Crippen molar-refractivity contribution in [2.24, 2.45) is 5.41 Å². The second-order valence-electron chi connectivity index (χ2n) is 6.59. The SMILES string of the molecule is Cc1[nH]c2ccc(Cl)cc2c1C(=O)N1CC2(CCOCC2)C1. The number of fused-ring (bicyclic) bond motifs is 1. The topological polar surface area (TPSA) is 45.3 Å². The molecule has 1 spiro atoms. The van der Waals surface area contributed by atoms with Gasteiger partial charge in [-0.25, -0.2) is 0 Å². The molecule has 1 aromatic heterocycles. The number of amides is 1. The Morgan fingerprint density at radius 2 is 2.05 bits per heavy atom. The summed E-state index contributed by atoms with van der Waals surface area (Å²) in [7, 11) is 0. The summed E-state index contributed by atoms with van der Waals surface area (Å²) in [6, 6.07) is 5.64. The molecule has 4 nitrogen and oxygen atoms in total. The van der Waals surface area contributed by atoms with Crippen molar-refractivity contribution < 1.29 is 9.53 Å². The maximum absolute atomic E-state index is 12.9. The summed E-state index contributed by atoms with van der Waals surface area (Å²) in [5.41, 5.74) is 2.94. The number of nitrogens with one attached hydrogen (secondary N) is 1. The largest absolute Gasteiger partial charge is 0.381 e. The van der Waals surface area contributed by atoms with Gasteiger partial charge < -0.3 is 14.6 Å². The van der Waals surface area contributed by atoms with Crippen molar-refractivity contribution in [1.82, 2.24) is 9.88 Å². The number of H-pyrrole nitrogens is 1. The van der Waals surface area contributed by atoms with E-state index in [9.17, 15) is 4.79 Å². The molecule has 0 radical (unpaired) electrons. The summed E-state index contributed by atoms with van der Waals surface area (Å²) in [6.07, 6.45) is 2.13. The van der Waals surface area contributed by atoms with Gasteiger partial charge in [0.2, 0.25) is 0 Å². The van der Waals surface area contributed by atoms with E-state index in [1.54, 1.807) is 0 Å². The fraction of sp³-hybridized carbons (Fsp3) is 0.471. The number of halogens is 1. The second kappa shape index (κ2) is 5.00. The van der Waals surface area contributed by atoms with Gasteiger partial charge in [0, 0.05) is 53.3 Å². The monoisotopic (exact) mass is 318 g/mol. The number of aryl methyl sites for hydroxylation is 1. The molecule has 2 aliphatic rings. The van der Waals surface area contributed by atoms with Gasteiger partial charge in [-0.05, 0) is 38.0 Å². The fourth-order valence-corrected chi connectivity index (χ4v) is 3.93. The lowest BCUT2D eigenvalue weighted by Gasteiger charge is -2.52. The van der Waals surface area contributed by atoms with Gasteiger partial charge in [-0.15, -0.1) is 0 Å². The average molecular weight is 319 g/mol. The molecule has 2 aromatic rings. The van der Waals surface area contributed by atoms with Gasteiger partial charge in [-0.2, -0.15) is 0 Å². The quantitative estimate of drug-likeness (QED) is 0.876. The molecule has 2 aliphatic heterocycles. The summed E-state index contributed by atoms with van der Waals surface area (Å²) < 4.78 is 5.44. The minimum atomic E-state index is 0.114. The summed E-state index contributed by atoms with van der Waals surface area (Å²) in [5, 5.41) is 1.58. The molecule has 22 heavy (non-hydrogen) atoms. The Hall–Kier alpha value is -1.52. The minimum Gasteiger partial charge on any atom is -0.381 e. The van der Waals surface area contributed by atoms with Crippen molar-refractivity contribution >= 4 is 28.4 Å². The van der Waals surface area contributed by atoms with Crippen molar-refractivity contribution in [1.29, 1.82) is 0 Å². The van der Waals surface area contributed by atoms with E-state index in [1.807, 2.05) is 30.0 Å². The molecule has 1 amide bonds. The number of hydrogen-bond donors (Lipinski definition) is 1. The zero-order valence-electron chi connectivity index (χ0n) is 12.6. The predicted molar refractivity (Wildman–Crippen MR) is 86.4 cm³/mol. The van der Waals surface area contributed by atoms with Crippen LogP contribution in [-0.2, 0) is 4.74 Å². The van der Waals surface area contributed by atoms with E-state index in [0.29, 0.717) is 10.4 Å². The van der Waals surface area contributed by atoms with Crippen molar-refractivity contribution in [3.8, 4) is 0 Å². The van der Waals surface area contributed by atoms with Crippen molar-refractivity contribution in [3.05, 3.63) is 34.5 Å². The maximum atomic E-state index is 12.9. The third-order valence-electron chi connectivity index (χ3n) is 5.06. The Kier molecular flexibility index (Phi) is 3.20. The Bertz CT molecular complexity index is 738. The van der Waals surface area contributed by atoms with Crippen molar-refractivity contribution in [2.45, 2.75) is 19.8 Å². The van der Waals surface area contributed by atoms with Crippen LogP contribution in [0.1, 0.15) is 28.9 Å². The van der Waals surface area contributed by atoms with Crippen LogP contribution in [0.25, 0.3) is 10.9 Å². The molecule has 2 fully saturated rings. The average Bonchev–Trinajstić information content (AvgIpc) is 2.80. The lowest BCUT2D eigenvalue weighted by Crippen LogP contribution is -2.60. The standard InChI is InChI=1S/C17H19ClN2O2/c1-11-15(13-8-12(18)2-3-14(13)19-11)16(21)20-9-17(10-20)4-6-22-7-5-17/h2-3,8,19H,4-7,9-10H2,1H3. The third kappa shape index (κ3) is 2.13. The lowest BCUT2D eigenvalue weighted by atomic mass is 9.73. The summed E-state index contributed by atoms with van der Waals surface area (Å²) >= 11 is 6.10. The first-order chi connectivity index (χ1) is 10.6. The van der Waals surface area contributed by atoms with Crippen LogP contribution in [0, 0.1) is 12.3 Å². The second-order valence-corrected chi connectivity index (χ2v) is 7.02. The normalized spacial score (nSPS) is 20.4. The number of likely N-dealkylation sites (tertiary alicyclic amines) is 1. The van der Waals surface area contributed by atoms with Gasteiger partial charge in [0.25, 0.3) is 5.91 Å². The van der Waals surface area contributed by atoms with Gasteiger partial charge in [-0.3, -0.25) is 4.79 Å². The highest BCUT2D eigenvalue weighted by atomic mass is 35.5. The van der Waals surface area contributed by atoms with E-state index in [0.717, 1.165) is 61.3 Å². The van der Waals surface area contributed by atoms with Gasteiger partial charge in [0.15, 0.2) is 0 Å². The van der Waals surface area contributed by atoms with Crippen LogP contribution in [0.5, 0.6) is 0 Å². The first-order valence-corrected chi connectivity index (χ1v) is 8.11. The summed E-state index contributed by atoms with van der Waals surface area (Å²) in [4.78, 5) is 18.1. The van der Waals surface area contributed by atoms with Gasteiger partial charge in [0.05, 0.1) is 5.56 Å². The number of ether oxygens (including phenoxy) is 1. The summed E-state index contributed by atoms with van der Waals surface area (Å²) in [5.74, 6) is 0.114. The highest BCUT2D eigenvalue weighted by Gasteiger charge is 2.46. The Balaban J connectivity index is 1.61. The maximum Gasteiger partial charge on any atom is 0.256 e. The van der Waals surface area contributed by atoms with E-state index in [4.69, 9.17) is 16.3 Å². The first kappa shape index (κ1) is 14.1. The van der Waals surface area contributed by atoms with Crippen LogP contribution in [0.2, 0.25) is 5.02 Å². The lowest BCUT2D eigenvalue weighted by molar-refractivity contribution is -0.0666. The molecule has 5 heteroatoms. The van der Waals surface area contributed by atoms with Crippen LogP contribution in [0.4, 0.5) is 0 Å². The number of carbonyl (C=O) groups excluding carboxylic acids is 1. The number of hydrogen-bond acceptors (Lipinski definition) is 2. The first-order valence-electron chi connectivity index (χ1n) is 7.73. The fourth-order valence-electron chi connectivity index (χ4n) is 3.76.